The van der Waals surface area contributed by atoms with E-state index in [1.54, 1.807) is 0 Å². The molecular weight excluding hydrogens is 660 g/mol. The summed E-state index contributed by atoms with van der Waals surface area (Å²) in [7, 11) is 0. The van der Waals surface area contributed by atoms with E-state index >= 15 is 0 Å². The predicted molar refractivity (Wildman–Crippen MR) is 213 cm³/mol. The number of aromatic nitrogens is 6. The number of para-hydroxylation sites is 6. The molecule has 0 spiro atoms. The average Bonchev–Trinajstić information content (AvgIpc) is 4.26. The Bertz CT molecular complexity index is 4190. The first-order valence-corrected chi connectivity index (χ1v) is 15.7. The summed E-state index contributed by atoms with van der Waals surface area (Å²) < 4.78 is 217. The standard InChI is InChI=1S/C45H27ClN6/c46-44-47-43(48-45(49-44)52-38-24-11-5-18-32(38)33-19-6-12-25-39(33)52)42-40(50-34-20-7-1-14-28(34)29-15-2-8-21-35(29)50)26-13-27-41(42)51-36-22-9-3-16-30(36)31-17-4-10-23-37(31)51/h1-27H/i1D,2D,3D,4D,5D,6D,7D,8D,9D,10D,11D,12D,14D,15D,16D,17D,18D,19D,20D,21D,22D,23D,24D,25D. The summed E-state index contributed by atoms with van der Waals surface area (Å²) in [6.45, 7) is 0. The molecule has 4 heterocycles. The van der Waals surface area contributed by atoms with E-state index < -0.39 is 201 Å². The first-order valence-electron chi connectivity index (χ1n) is 27.3. The van der Waals surface area contributed by atoms with Crippen LogP contribution in [0.4, 0.5) is 0 Å². The van der Waals surface area contributed by atoms with Gasteiger partial charge in [-0.1, -0.05) is 115 Å². The zero-order chi connectivity index (χ0) is 55.2. The lowest BCUT2D eigenvalue weighted by molar-refractivity contribution is 0.943. The molecule has 7 aromatic carbocycles. The molecule has 4 aromatic heterocycles. The summed E-state index contributed by atoms with van der Waals surface area (Å²) in [6.07, 6.45) is 0. The van der Waals surface area contributed by atoms with Gasteiger partial charge in [-0.05, 0) is 60.0 Å². The second-order valence-electron chi connectivity index (χ2n) is 11.2. The van der Waals surface area contributed by atoms with Gasteiger partial charge in [0.2, 0.25) is 11.2 Å². The summed E-state index contributed by atoms with van der Waals surface area (Å²) in [5.74, 6) is -1.31. The van der Waals surface area contributed by atoms with Crippen LogP contribution in [-0.2, 0) is 0 Å². The molecule has 7 heteroatoms. The third-order valence-corrected chi connectivity index (χ3v) is 8.79. The van der Waals surface area contributed by atoms with Crippen molar-refractivity contribution >= 4 is 77.0 Å². The molecule has 0 amide bonds. The van der Waals surface area contributed by atoms with Gasteiger partial charge in [0.15, 0.2) is 5.82 Å². The fraction of sp³-hybridized carbons (Fsp3) is 0. The van der Waals surface area contributed by atoms with Crippen LogP contribution in [0.1, 0.15) is 32.9 Å². The lowest BCUT2D eigenvalue weighted by atomic mass is 10.1. The topological polar surface area (TPSA) is 53.5 Å². The van der Waals surface area contributed by atoms with Crippen molar-refractivity contribution in [1.29, 1.82) is 0 Å². The summed E-state index contributed by atoms with van der Waals surface area (Å²) in [4.78, 5) is 13.5. The van der Waals surface area contributed by atoms with Gasteiger partial charge in [-0.2, -0.15) is 15.0 Å². The summed E-state index contributed by atoms with van der Waals surface area (Å²) in [6, 6.07) is -14.4. The largest absolute Gasteiger partial charge is 0.308 e. The van der Waals surface area contributed by atoms with Crippen molar-refractivity contribution in [1.82, 2.24) is 28.7 Å². The van der Waals surface area contributed by atoms with E-state index in [1.807, 2.05) is 0 Å². The van der Waals surface area contributed by atoms with Crippen LogP contribution in [0.5, 0.6) is 0 Å². The van der Waals surface area contributed by atoms with Crippen molar-refractivity contribution in [2.45, 2.75) is 0 Å². The van der Waals surface area contributed by atoms with E-state index in [0.717, 1.165) is 13.7 Å². The van der Waals surface area contributed by atoms with Crippen LogP contribution in [0.3, 0.4) is 0 Å². The molecule has 0 saturated carbocycles. The molecule has 0 fully saturated rings. The van der Waals surface area contributed by atoms with Crippen LogP contribution in [0.2, 0.25) is 5.28 Å². The summed E-state index contributed by atoms with van der Waals surface area (Å²) in [5.41, 5.74) is -3.75. The van der Waals surface area contributed by atoms with Gasteiger partial charge in [-0.3, -0.25) is 4.57 Å². The zero-order valence-corrected chi connectivity index (χ0v) is 26.5. The maximum atomic E-state index is 9.34. The highest BCUT2D eigenvalue weighted by Crippen LogP contribution is 2.41. The lowest BCUT2D eigenvalue weighted by Crippen LogP contribution is -2.09. The second-order valence-corrected chi connectivity index (χ2v) is 11.6. The van der Waals surface area contributed by atoms with Gasteiger partial charge < -0.3 is 9.13 Å². The number of rotatable bonds is 4. The van der Waals surface area contributed by atoms with Crippen molar-refractivity contribution < 1.29 is 32.9 Å². The van der Waals surface area contributed by atoms with Gasteiger partial charge in [-0.15, -0.1) is 0 Å². The van der Waals surface area contributed by atoms with Gasteiger partial charge >= 0.3 is 0 Å². The van der Waals surface area contributed by atoms with Crippen LogP contribution >= 0.6 is 11.6 Å². The highest BCUT2D eigenvalue weighted by Gasteiger charge is 2.25. The maximum absolute atomic E-state index is 9.34. The molecule has 11 rings (SSSR count). The van der Waals surface area contributed by atoms with E-state index in [9.17, 15) is 5.48 Å². The Morgan fingerprint density at radius 2 is 0.731 bits per heavy atom. The monoisotopic (exact) mass is 710 g/mol. The fourth-order valence-corrected chi connectivity index (χ4v) is 6.78. The van der Waals surface area contributed by atoms with Gasteiger partial charge in [0.25, 0.3) is 0 Å². The molecular formula is C45H27ClN6. The van der Waals surface area contributed by atoms with Crippen LogP contribution in [0.15, 0.2) is 163 Å². The van der Waals surface area contributed by atoms with E-state index in [0.29, 0.717) is 0 Å². The SMILES string of the molecule is [2H]c1c([2H])c([2H])c2c(c1[2H])c1c([2H])c([2H])c([2H])c([2H])c1n2-c1nc(Cl)nc(-c2c(-n3c4c([2H])c([2H])c([2H])c([2H])c4c4c([2H])c([2H])c([2H])c([2H])c43)cccc2-n2c3c([2H])c([2H])c([2H])c([2H])c3c3c([2H])c([2H])c([2H])c([2H])c32)n1. The molecule has 0 radical (unpaired) electrons. The smallest absolute Gasteiger partial charge is 0.239 e. The summed E-state index contributed by atoms with van der Waals surface area (Å²) in [5, 5.41) is -3.02. The van der Waals surface area contributed by atoms with Crippen molar-refractivity contribution in [3.63, 3.8) is 0 Å². The molecule has 0 aliphatic heterocycles. The molecule has 11 aromatic rings. The number of hydrogen-bond acceptors (Lipinski definition) is 3. The van der Waals surface area contributed by atoms with Crippen molar-refractivity contribution in [3.05, 3.63) is 169 Å². The fourth-order valence-electron chi connectivity index (χ4n) is 6.63. The number of halogens is 1. The number of hydrogen-bond donors (Lipinski definition) is 0. The van der Waals surface area contributed by atoms with Crippen molar-refractivity contribution in [2.24, 2.45) is 0 Å². The van der Waals surface area contributed by atoms with Crippen LogP contribution < -0.4 is 0 Å². The molecule has 0 unspecified atom stereocenters. The Morgan fingerprint density at radius 3 is 1.10 bits per heavy atom. The average molecular weight is 711 g/mol. The molecule has 244 valence electrons. The van der Waals surface area contributed by atoms with Gasteiger partial charge in [0.05, 0.1) is 82.9 Å². The normalized spacial score (nSPS) is 18.4. The summed E-state index contributed by atoms with van der Waals surface area (Å²) >= 11 is 6.85. The molecule has 52 heavy (non-hydrogen) atoms. The Hall–Kier alpha value is -6.76. The highest BCUT2D eigenvalue weighted by atomic mass is 35.5. The molecule has 0 bridgehead atoms. The predicted octanol–water partition coefficient (Wildman–Crippen LogP) is 11.5. The Balaban J connectivity index is 1.44. The number of nitrogens with zero attached hydrogens (tertiary/aromatic N) is 6. The molecule has 0 saturated heterocycles. The third-order valence-electron chi connectivity index (χ3n) is 8.62. The minimum absolute atomic E-state index is 0.330. The minimum Gasteiger partial charge on any atom is -0.308 e. The van der Waals surface area contributed by atoms with Crippen molar-refractivity contribution in [2.75, 3.05) is 0 Å². The van der Waals surface area contributed by atoms with Crippen LogP contribution in [-0.4, -0.2) is 28.7 Å². The maximum Gasteiger partial charge on any atom is 0.239 e. The first kappa shape index (κ1) is 14.1. The van der Waals surface area contributed by atoms with E-state index in [-0.39, 0.29) is 43.7 Å². The zero-order valence-electron chi connectivity index (χ0n) is 49.8. The molecule has 6 nitrogen and oxygen atoms in total. The number of benzene rings is 7. The molecule has 0 N–H and O–H groups in total. The molecule has 0 aliphatic carbocycles. The van der Waals surface area contributed by atoms with Crippen LogP contribution in [0.25, 0.3) is 94.1 Å². The minimum atomic E-state index is -0.810. The molecule has 0 aliphatic rings. The van der Waals surface area contributed by atoms with Gasteiger partial charge in [0.1, 0.15) is 0 Å². The van der Waals surface area contributed by atoms with E-state index in [4.69, 9.17) is 44.0 Å². The number of fused-ring (bicyclic) bond motifs is 9. The van der Waals surface area contributed by atoms with E-state index in [1.165, 1.54) is 18.2 Å². The van der Waals surface area contributed by atoms with Gasteiger partial charge in [-0.25, -0.2) is 0 Å². The van der Waals surface area contributed by atoms with E-state index in [2.05, 4.69) is 9.97 Å². The molecule has 0 atom stereocenters. The Kier molecular flexibility index (Phi) is 3.02. The van der Waals surface area contributed by atoms with Gasteiger partial charge in [0, 0.05) is 32.3 Å². The highest BCUT2D eigenvalue weighted by molar-refractivity contribution is 6.28. The lowest BCUT2D eigenvalue weighted by Gasteiger charge is -2.19. The quantitative estimate of drug-likeness (QED) is 0.183. The second kappa shape index (κ2) is 11.1. The van der Waals surface area contributed by atoms with Crippen LogP contribution in [0, 0.1) is 0 Å². The third kappa shape index (κ3) is 4.10. The Labute approximate surface area is 336 Å². The first-order chi connectivity index (χ1) is 35.7. The Morgan fingerprint density at radius 1 is 0.404 bits per heavy atom. The van der Waals surface area contributed by atoms with Crippen molar-refractivity contribution in [3.8, 4) is 28.7 Å².